The number of aromatic nitrogens is 2. The van der Waals surface area contributed by atoms with E-state index in [9.17, 15) is 0 Å². The molecule has 0 bridgehead atoms. The van der Waals surface area contributed by atoms with E-state index in [2.05, 4.69) is 40.0 Å². The zero-order valence-electron chi connectivity index (χ0n) is 12.4. The van der Waals surface area contributed by atoms with Gasteiger partial charge in [0.05, 0.1) is 5.69 Å². The van der Waals surface area contributed by atoms with E-state index in [0.717, 1.165) is 41.5 Å². The summed E-state index contributed by atoms with van der Waals surface area (Å²) in [4.78, 5) is 5.63. The molecular formula is C17H17N3OS. The Balaban J connectivity index is 1.52. The Hall–Kier alpha value is -2.11. The molecule has 0 radical (unpaired) electrons. The number of hydrogen-bond donors (Lipinski definition) is 1. The first kappa shape index (κ1) is 13.5. The van der Waals surface area contributed by atoms with Crippen LogP contribution in [0.2, 0.25) is 0 Å². The molecular weight excluding hydrogens is 294 g/mol. The lowest BCUT2D eigenvalue weighted by Gasteiger charge is -2.03. The highest BCUT2D eigenvalue weighted by Crippen LogP contribution is 2.26. The van der Waals surface area contributed by atoms with Gasteiger partial charge in [-0.1, -0.05) is 25.1 Å². The molecule has 0 aliphatic carbocycles. The van der Waals surface area contributed by atoms with Crippen LogP contribution in [-0.2, 0) is 19.5 Å². The van der Waals surface area contributed by atoms with E-state index in [1.54, 1.807) is 11.3 Å². The second-order valence-corrected chi connectivity index (χ2v) is 6.16. The van der Waals surface area contributed by atoms with Crippen molar-refractivity contribution in [2.75, 3.05) is 0 Å². The molecule has 0 spiro atoms. The summed E-state index contributed by atoms with van der Waals surface area (Å²) in [6, 6.07) is 8.23. The largest absolute Gasteiger partial charge is 0.461 e. The number of rotatable bonds is 5. The molecule has 0 saturated carbocycles. The van der Waals surface area contributed by atoms with Crippen molar-refractivity contribution in [3.63, 3.8) is 0 Å². The predicted molar refractivity (Wildman–Crippen MR) is 89.2 cm³/mol. The first-order valence-corrected chi connectivity index (χ1v) is 8.34. The minimum absolute atomic E-state index is 0.761. The second-order valence-electron chi connectivity index (χ2n) is 5.28. The third-order valence-corrected chi connectivity index (χ3v) is 4.62. The van der Waals surface area contributed by atoms with Gasteiger partial charge in [0.1, 0.15) is 11.3 Å². The Morgan fingerprint density at radius 1 is 1.27 bits per heavy atom. The fourth-order valence-electron chi connectivity index (χ4n) is 2.81. The Kier molecular flexibility index (Phi) is 3.44. The number of aryl methyl sites for hydroxylation is 1. The number of benzene rings is 1. The summed E-state index contributed by atoms with van der Waals surface area (Å²) in [7, 11) is 0. The molecule has 3 heterocycles. The van der Waals surface area contributed by atoms with Crippen molar-refractivity contribution in [2.45, 2.75) is 26.4 Å². The summed E-state index contributed by atoms with van der Waals surface area (Å²) in [6.07, 6.45) is 5.02. The number of nitrogens with one attached hydrogen (secondary N) is 1. The first-order chi connectivity index (χ1) is 10.8. The van der Waals surface area contributed by atoms with Gasteiger partial charge in [-0.3, -0.25) is 4.40 Å². The van der Waals surface area contributed by atoms with Gasteiger partial charge in [-0.2, -0.15) is 0 Å². The number of thiazole rings is 1. The Morgan fingerprint density at radius 2 is 2.18 bits per heavy atom. The van der Waals surface area contributed by atoms with Crippen molar-refractivity contribution < 1.29 is 4.42 Å². The number of hydrogen-bond acceptors (Lipinski definition) is 4. The minimum atomic E-state index is 0.761. The SMILES string of the molecule is CCc1oc2ccccc2c1CNCc1cn2ccsc2n1. The molecule has 5 heteroatoms. The molecule has 0 amide bonds. The highest BCUT2D eigenvalue weighted by Gasteiger charge is 2.12. The van der Waals surface area contributed by atoms with Gasteiger partial charge in [0.25, 0.3) is 0 Å². The number of nitrogens with zero attached hydrogens (tertiary/aromatic N) is 2. The maximum atomic E-state index is 5.93. The molecule has 0 aliphatic rings. The van der Waals surface area contributed by atoms with Crippen LogP contribution in [0.4, 0.5) is 0 Å². The average molecular weight is 311 g/mol. The van der Waals surface area contributed by atoms with E-state index in [1.165, 1.54) is 10.9 Å². The Bertz CT molecular complexity index is 890. The van der Waals surface area contributed by atoms with Crippen LogP contribution in [0.5, 0.6) is 0 Å². The van der Waals surface area contributed by atoms with Crippen molar-refractivity contribution in [3.05, 3.63) is 59.1 Å². The maximum absolute atomic E-state index is 5.93. The number of furan rings is 1. The van der Waals surface area contributed by atoms with Gasteiger partial charge in [-0.05, 0) is 6.07 Å². The molecule has 4 rings (SSSR count). The summed E-state index contributed by atoms with van der Waals surface area (Å²) in [5.41, 5.74) is 3.30. The summed E-state index contributed by atoms with van der Waals surface area (Å²) >= 11 is 1.66. The van der Waals surface area contributed by atoms with Crippen LogP contribution in [0.1, 0.15) is 23.9 Å². The van der Waals surface area contributed by atoms with Crippen LogP contribution in [0.25, 0.3) is 15.9 Å². The lowest BCUT2D eigenvalue weighted by molar-refractivity contribution is 0.543. The lowest BCUT2D eigenvalue weighted by Crippen LogP contribution is -2.13. The van der Waals surface area contributed by atoms with Crippen LogP contribution in [0.3, 0.4) is 0 Å². The van der Waals surface area contributed by atoms with Crippen molar-refractivity contribution in [1.82, 2.24) is 14.7 Å². The van der Waals surface area contributed by atoms with E-state index in [1.807, 2.05) is 23.7 Å². The highest BCUT2D eigenvalue weighted by atomic mass is 32.1. The smallest absolute Gasteiger partial charge is 0.193 e. The van der Waals surface area contributed by atoms with E-state index in [4.69, 9.17) is 4.42 Å². The Morgan fingerprint density at radius 3 is 3.05 bits per heavy atom. The molecule has 3 aromatic heterocycles. The zero-order valence-corrected chi connectivity index (χ0v) is 13.2. The fourth-order valence-corrected chi connectivity index (χ4v) is 3.52. The predicted octanol–water partition coefficient (Wildman–Crippen LogP) is 3.99. The Labute approximate surface area is 132 Å². The molecule has 0 unspecified atom stereocenters. The van der Waals surface area contributed by atoms with Gasteiger partial charge in [-0.25, -0.2) is 4.98 Å². The molecule has 0 fully saturated rings. The zero-order chi connectivity index (χ0) is 14.9. The van der Waals surface area contributed by atoms with E-state index in [-0.39, 0.29) is 0 Å². The molecule has 4 aromatic rings. The molecule has 4 nitrogen and oxygen atoms in total. The monoisotopic (exact) mass is 311 g/mol. The van der Waals surface area contributed by atoms with Crippen molar-refractivity contribution in [2.24, 2.45) is 0 Å². The van der Waals surface area contributed by atoms with Crippen LogP contribution < -0.4 is 5.32 Å². The topological polar surface area (TPSA) is 42.5 Å². The summed E-state index contributed by atoms with van der Waals surface area (Å²) < 4.78 is 7.99. The summed E-state index contributed by atoms with van der Waals surface area (Å²) in [5, 5.41) is 6.74. The highest BCUT2D eigenvalue weighted by molar-refractivity contribution is 7.15. The molecule has 0 aliphatic heterocycles. The van der Waals surface area contributed by atoms with Crippen molar-refractivity contribution >= 4 is 27.3 Å². The normalized spacial score (nSPS) is 11.7. The fraction of sp³-hybridized carbons (Fsp3) is 0.235. The molecule has 1 aromatic carbocycles. The van der Waals surface area contributed by atoms with Crippen LogP contribution in [-0.4, -0.2) is 9.38 Å². The van der Waals surface area contributed by atoms with Gasteiger partial charge in [0, 0.05) is 48.2 Å². The third-order valence-electron chi connectivity index (χ3n) is 3.85. The quantitative estimate of drug-likeness (QED) is 0.606. The number of para-hydroxylation sites is 1. The molecule has 0 saturated heterocycles. The number of imidazole rings is 1. The van der Waals surface area contributed by atoms with Crippen molar-refractivity contribution in [3.8, 4) is 0 Å². The molecule has 1 N–H and O–H groups in total. The van der Waals surface area contributed by atoms with E-state index < -0.39 is 0 Å². The lowest BCUT2D eigenvalue weighted by atomic mass is 10.1. The van der Waals surface area contributed by atoms with Crippen molar-refractivity contribution in [1.29, 1.82) is 0 Å². The van der Waals surface area contributed by atoms with Gasteiger partial charge in [-0.15, -0.1) is 11.3 Å². The minimum Gasteiger partial charge on any atom is -0.461 e. The molecule has 22 heavy (non-hydrogen) atoms. The first-order valence-electron chi connectivity index (χ1n) is 7.46. The molecule has 0 atom stereocenters. The summed E-state index contributed by atoms with van der Waals surface area (Å²) in [6.45, 7) is 3.69. The third kappa shape index (κ3) is 2.32. The standard InChI is InChI=1S/C17H17N3OS/c1-2-15-14(13-5-3-4-6-16(13)21-15)10-18-9-12-11-20-7-8-22-17(20)19-12/h3-8,11,18H,2,9-10H2,1H3. The number of fused-ring (bicyclic) bond motifs is 2. The van der Waals surface area contributed by atoms with Crippen LogP contribution in [0.15, 0.2) is 46.5 Å². The summed E-state index contributed by atoms with van der Waals surface area (Å²) in [5.74, 6) is 1.07. The van der Waals surface area contributed by atoms with Gasteiger partial charge >= 0.3 is 0 Å². The van der Waals surface area contributed by atoms with Crippen LogP contribution in [0, 0.1) is 0 Å². The van der Waals surface area contributed by atoms with Gasteiger partial charge in [0.2, 0.25) is 0 Å². The van der Waals surface area contributed by atoms with Gasteiger partial charge in [0.15, 0.2) is 4.96 Å². The molecule has 112 valence electrons. The van der Waals surface area contributed by atoms with Gasteiger partial charge < -0.3 is 9.73 Å². The second kappa shape index (κ2) is 5.59. The van der Waals surface area contributed by atoms with E-state index in [0.29, 0.717) is 0 Å². The van der Waals surface area contributed by atoms with Crippen LogP contribution >= 0.6 is 11.3 Å². The van der Waals surface area contributed by atoms with E-state index >= 15 is 0 Å². The maximum Gasteiger partial charge on any atom is 0.193 e. The average Bonchev–Trinajstić information content (AvgIpc) is 3.20.